The molecule has 1 N–H and O–H groups in total. The number of benzene rings is 1. The number of aromatic nitrogens is 3. The van der Waals surface area contributed by atoms with Crippen LogP contribution in [0.1, 0.15) is 10.4 Å². The lowest BCUT2D eigenvalue weighted by molar-refractivity contribution is 0.112. The van der Waals surface area contributed by atoms with Gasteiger partial charge in [-0.3, -0.25) is 4.79 Å². The molecule has 0 spiro atoms. The number of aldehydes is 1. The van der Waals surface area contributed by atoms with Gasteiger partial charge in [-0.05, 0) is 18.2 Å². The van der Waals surface area contributed by atoms with E-state index in [-0.39, 0.29) is 0 Å². The highest BCUT2D eigenvalue weighted by atomic mass is 16.5. The van der Waals surface area contributed by atoms with Gasteiger partial charge in [-0.1, -0.05) is 0 Å². The molecule has 0 saturated heterocycles. The van der Waals surface area contributed by atoms with Gasteiger partial charge < -0.3 is 14.5 Å². The second kappa shape index (κ2) is 5.24. The molecule has 0 bridgehead atoms. The van der Waals surface area contributed by atoms with Gasteiger partial charge in [0.2, 0.25) is 0 Å². The molecule has 0 fully saturated rings. The molecule has 6 heteroatoms. The molecule has 0 atom stereocenters. The Morgan fingerprint density at radius 3 is 2.67 bits per heavy atom. The fourth-order valence-corrected chi connectivity index (χ4v) is 2.17. The van der Waals surface area contributed by atoms with Crippen LogP contribution in [-0.4, -0.2) is 35.5 Å². The Labute approximate surface area is 120 Å². The van der Waals surface area contributed by atoms with Crippen molar-refractivity contribution in [3.05, 3.63) is 36.0 Å². The molecule has 0 aliphatic carbocycles. The third-order valence-electron chi connectivity index (χ3n) is 3.19. The molecule has 0 radical (unpaired) electrons. The van der Waals surface area contributed by atoms with Crippen LogP contribution in [0.15, 0.2) is 30.5 Å². The molecular weight excluding hydrogens is 270 g/mol. The molecule has 3 rings (SSSR count). The largest absolute Gasteiger partial charge is 0.496 e. The van der Waals surface area contributed by atoms with Crippen LogP contribution in [-0.2, 0) is 0 Å². The minimum absolute atomic E-state index is 0.432. The lowest BCUT2D eigenvalue weighted by Gasteiger charge is -2.10. The van der Waals surface area contributed by atoms with E-state index in [1.807, 2.05) is 12.1 Å². The number of carbonyl (C=O) groups excluding carboxylic acids is 1. The van der Waals surface area contributed by atoms with Crippen molar-refractivity contribution < 1.29 is 14.3 Å². The maximum absolute atomic E-state index is 11.2. The van der Waals surface area contributed by atoms with E-state index in [1.54, 1.807) is 25.4 Å². The monoisotopic (exact) mass is 283 g/mol. The van der Waals surface area contributed by atoms with E-state index in [9.17, 15) is 4.79 Å². The number of methoxy groups -OCH3 is 2. The number of aromatic amines is 1. The van der Waals surface area contributed by atoms with E-state index in [0.29, 0.717) is 34.1 Å². The van der Waals surface area contributed by atoms with Crippen molar-refractivity contribution in [3.63, 3.8) is 0 Å². The summed E-state index contributed by atoms with van der Waals surface area (Å²) in [5.74, 6) is 1.61. The van der Waals surface area contributed by atoms with Crippen molar-refractivity contribution in [3.8, 4) is 22.9 Å². The molecule has 2 aromatic heterocycles. The standard InChI is InChI=1S/C15H13N3O3/c1-20-12-7-13(21-2)10(6-9(12)8-19)14-17-11-4-3-5-16-15(11)18-14/h3-8H,1-2H3,(H,16,17,18). The van der Waals surface area contributed by atoms with Gasteiger partial charge in [0.1, 0.15) is 22.8 Å². The molecule has 3 aromatic rings. The number of hydrogen-bond acceptors (Lipinski definition) is 5. The first kappa shape index (κ1) is 13.1. The fourth-order valence-electron chi connectivity index (χ4n) is 2.17. The molecule has 0 unspecified atom stereocenters. The number of fused-ring (bicyclic) bond motifs is 1. The number of rotatable bonds is 4. The first-order valence-corrected chi connectivity index (χ1v) is 6.29. The summed E-state index contributed by atoms with van der Waals surface area (Å²) in [6.45, 7) is 0. The third-order valence-corrected chi connectivity index (χ3v) is 3.19. The van der Waals surface area contributed by atoms with E-state index in [1.165, 1.54) is 7.11 Å². The first-order valence-electron chi connectivity index (χ1n) is 6.29. The predicted molar refractivity (Wildman–Crippen MR) is 77.8 cm³/mol. The van der Waals surface area contributed by atoms with Gasteiger partial charge in [-0.15, -0.1) is 0 Å². The topological polar surface area (TPSA) is 77.1 Å². The highest BCUT2D eigenvalue weighted by Gasteiger charge is 2.15. The average Bonchev–Trinajstić information content (AvgIpc) is 2.97. The quantitative estimate of drug-likeness (QED) is 0.744. The summed E-state index contributed by atoms with van der Waals surface area (Å²) in [6.07, 6.45) is 2.43. The first-order chi connectivity index (χ1) is 10.3. The molecule has 1 aromatic carbocycles. The van der Waals surface area contributed by atoms with E-state index in [0.717, 1.165) is 11.8 Å². The zero-order valence-corrected chi connectivity index (χ0v) is 11.6. The van der Waals surface area contributed by atoms with Gasteiger partial charge in [-0.2, -0.15) is 0 Å². The number of carbonyl (C=O) groups is 1. The Morgan fingerprint density at radius 2 is 2.00 bits per heavy atom. The van der Waals surface area contributed by atoms with Crippen LogP contribution in [0.2, 0.25) is 0 Å². The molecule has 2 heterocycles. The Hall–Kier alpha value is -2.89. The Bertz CT molecular complexity index is 778. The van der Waals surface area contributed by atoms with Crippen LogP contribution >= 0.6 is 0 Å². The minimum atomic E-state index is 0.432. The number of hydrogen-bond donors (Lipinski definition) is 1. The SMILES string of the molecule is COc1cc(OC)c(-c2nc3cccnc3[nH]2)cc1C=O. The maximum atomic E-state index is 11.2. The predicted octanol–water partition coefficient (Wildman–Crippen LogP) is 2.45. The molecule has 0 amide bonds. The minimum Gasteiger partial charge on any atom is -0.496 e. The number of H-pyrrole nitrogens is 1. The molecule has 106 valence electrons. The molecule has 6 nitrogen and oxygen atoms in total. The summed E-state index contributed by atoms with van der Waals surface area (Å²) in [6, 6.07) is 7.02. The summed E-state index contributed by atoms with van der Waals surface area (Å²) in [5, 5.41) is 0. The van der Waals surface area contributed by atoms with Crippen LogP contribution in [0.25, 0.3) is 22.6 Å². The zero-order valence-electron chi connectivity index (χ0n) is 11.6. The summed E-state index contributed by atoms with van der Waals surface area (Å²) < 4.78 is 10.5. The van der Waals surface area contributed by atoms with Crippen LogP contribution in [0, 0.1) is 0 Å². The Morgan fingerprint density at radius 1 is 1.19 bits per heavy atom. The van der Waals surface area contributed by atoms with Gasteiger partial charge in [0.05, 0.1) is 25.3 Å². The van der Waals surface area contributed by atoms with Crippen molar-refractivity contribution in [1.29, 1.82) is 0 Å². The smallest absolute Gasteiger partial charge is 0.157 e. The Balaban J connectivity index is 2.22. The van der Waals surface area contributed by atoms with Crippen LogP contribution < -0.4 is 9.47 Å². The highest BCUT2D eigenvalue weighted by molar-refractivity contribution is 5.86. The fraction of sp³-hybridized carbons (Fsp3) is 0.133. The van der Waals surface area contributed by atoms with Crippen LogP contribution in [0.5, 0.6) is 11.5 Å². The van der Waals surface area contributed by atoms with Crippen molar-refractivity contribution >= 4 is 17.5 Å². The normalized spacial score (nSPS) is 10.6. The lowest BCUT2D eigenvalue weighted by Crippen LogP contribution is -1.96. The second-order valence-electron chi connectivity index (χ2n) is 4.37. The third kappa shape index (κ3) is 2.20. The van der Waals surface area contributed by atoms with E-state index in [2.05, 4.69) is 15.0 Å². The number of ether oxygens (including phenoxy) is 2. The van der Waals surface area contributed by atoms with Crippen molar-refractivity contribution in [1.82, 2.24) is 15.0 Å². The zero-order chi connectivity index (χ0) is 14.8. The molecular formula is C15H13N3O3. The number of nitrogens with one attached hydrogen (secondary N) is 1. The van der Waals surface area contributed by atoms with Crippen LogP contribution in [0.4, 0.5) is 0 Å². The summed E-state index contributed by atoms with van der Waals surface area (Å²) >= 11 is 0. The number of imidazole rings is 1. The van der Waals surface area contributed by atoms with Crippen molar-refractivity contribution in [2.75, 3.05) is 14.2 Å². The number of pyridine rings is 1. The number of nitrogens with zero attached hydrogens (tertiary/aromatic N) is 2. The van der Waals surface area contributed by atoms with E-state index in [4.69, 9.17) is 9.47 Å². The molecule has 0 aliphatic rings. The lowest BCUT2D eigenvalue weighted by atomic mass is 10.1. The van der Waals surface area contributed by atoms with Crippen molar-refractivity contribution in [2.45, 2.75) is 0 Å². The summed E-state index contributed by atoms with van der Waals surface area (Å²) in [4.78, 5) is 23.0. The molecule has 21 heavy (non-hydrogen) atoms. The second-order valence-corrected chi connectivity index (χ2v) is 4.37. The van der Waals surface area contributed by atoms with E-state index < -0.39 is 0 Å². The molecule has 0 saturated carbocycles. The van der Waals surface area contributed by atoms with Gasteiger partial charge in [0.25, 0.3) is 0 Å². The Kier molecular flexibility index (Phi) is 3.27. The summed E-state index contributed by atoms with van der Waals surface area (Å²) in [5.41, 5.74) is 2.54. The maximum Gasteiger partial charge on any atom is 0.157 e. The van der Waals surface area contributed by atoms with E-state index >= 15 is 0 Å². The van der Waals surface area contributed by atoms with Crippen molar-refractivity contribution in [2.24, 2.45) is 0 Å². The average molecular weight is 283 g/mol. The van der Waals surface area contributed by atoms with Gasteiger partial charge in [-0.25, -0.2) is 9.97 Å². The van der Waals surface area contributed by atoms with Crippen LogP contribution in [0.3, 0.4) is 0 Å². The highest BCUT2D eigenvalue weighted by Crippen LogP contribution is 2.34. The van der Waals surface area contributed by atoms with Gasteiger partial charge in [0.15, 0.2) is 11.9 Å². The molecule has 0 aliphatic heterocycles. The summed E-state index contributed by atoms with van der Waals surface area (Å²) in [7, 11) is 3.06. The van der Waals surface area contributed by atoms with Gasteiger partial charge in [0, 0.05) is 12.3 Å². The van der Waals surface area contributed by atoms with Gasteiger partial charge >= 0.3 is 0 Å².